The summed E-state index contributed by atoms with van der Waals surface area (Å²) in [6.45, 7) is 9.57. The fraction of sp³-hybridized carbons (Fsp3) is 0.357. The van der Waals surface area contributed by atoms with Gasteiger partial charge in [0, 0.05) is 43.2 Å². The minimum atomic E-state index is -4.56. The van der Waals surface area contributed by atoms with Crippen LogP contribution in [-0.4, -0.2) is 42.0 Å². The Morgan fingerprint density at radius 3 is 2.40 bits per heavy atom. The molecule has 216 valence electrons. The highest BCUT2D eigenvalue weighted by Gasteiger charge is 2.32. The Bertz CT molecular complexity index is 1360. The first-order chi connectivity index (χ1) is 19.0. The van der Waals surface area contributed by atoms with Crippen LogP contribution in [0.2, 0.25) is 0 Å². The summed E-state index contributed by atoms with van der Waals surface area (Å²) in [7, 11) is 1.80. The van der Waals surface area contributed by atoms with E-state index in [9.17, 15) is 18.0 Å². The number of ether oxygens (including phenoxy) is 1. The minimum absolute atomic E-state index is 0.0645. The summed E-state index contributed by atoms with van der Waals surface area (Å²) in [6.07, 6.45) is -1.40. The Morgan fingerprint density at radius 1 is 1.12 bits per heavy atom. The van der Waals surface area contributed by atoms with Gasteiger partial charge in [-0.1, -0.05) is 19.9 Å². The number of amides is 1. The fourth-order valence-electron chi connectivity index (χ4n) is 4.19. The predicted molar refractivity (Wildman–Crippen MR) is 152 cm³/mol. The second kappa shape index (κ2) is 12.9. The van der Waals surface area contributed by atoms with Crippen molar-refractivity contribution in [3.05, 3.63) is 76.7 Å². The highest BCUT2D eigenvalue weighted by Crippen LogP contribution is 2.36. The number of hydrogen-bond donors (Lipinski definition) is 3. The zero-order chi connectivity index (χ0) is 29.6. The highest BCUT2D eigenvalue weighted by atomic mass is 19.4. The molecule has 0 saturated carbocycles. The van der Waals surface area contributed by atoms with Crippen molar-refractivity contribution < 1.29 is 22.7 Å². The average molecular weight is 560 g/mol. The lowest BCUT2D eigenvalue weighted by Crippen LogP contribution is -2.36. The number of morpholine rings is 1. The Hall–Kier alpha value is -4.03. The predicted octanol–water partition coefficient (Wildman–Crippen LogP) is 4.81. The lowest BCUT2D eigenvalue weighted by molar-refractivity contribution is -0.137. The summed E-state index contributed by atoms with van der Waals surface area (Å²) in [4.78, 5) is 15.1. The van der Waals surface area contributed by atoms with Crippen LogP contribution in [0.15, 0.2) is 48.8 Å². The Kier molecular flexibility index (Phi) is 9.83. The Balaban J connectivity index is 0.00000216. The summed E-state index contributed by atoms with van der Waals surface area (Å²) in [5, 5.41) is 8.15. The van der Waals surface area contributed by atoms with E-state index in [0.29, 0.717) is 43.4 Å². The molecule has 1 aromatic heterocycles. The molecule has 0 aliphatic carbocycles. The molecule has 1 amide bonds. The van der Waals surface area contributed by atoms with Crippen LogP contribution in [-0.2, 0) is 18.0 Å². The molecular weight excluding hydrogens is 523 g/mol. The van der Waals surface area contributed by atoms with E-state index in [-0.39, 0.29) is 11.3 Å². The number of nitrogens with zero attached hydrogens (tertiary/aromatic N) is 4. The van der Waals surface area contributed by atoms with Crippen LogP contribution >= 0.6 is 0 Å². The third-order valence-electron chi connectivity index (χ3n) is 6.50. The zero-order valence-corrected chi connectivity index (χ0v) is 23.3. The van der Waals surface area contributed by atoms with Crippen molar-refractivity contribution in [1.29, 1.82) is 0 Å². The second-order valence-corrected chi connectivity index (χ2v) is 9.04. The monoisotopic (exact) mass is 559 g/mol. The van der Waals surface area contributed by atoms with Crippen LogP contribution in [0.3, 0.4) is 0 Å². The van der Waals surface area contributed by atoms with Gasteiger partial charge in [0.1, 0.15) is 0 Å². The van der Waals surface area contributed by atoms with Crippen LogP contribution in [0.25, 0.3) is 5.70 Å². The third-order valence-corrected chi connectivity index (χ3v) is 6.50. The number of hydrogen-bond acceptors (Lipinski definition) is 7. The molecular formula is C28H36F3N7O2. The van der Waals surface area contributed by atoms with Crippen molar-refractivity contribution in [3.63, 3.8) is 0 Å². The number of anilines is 3. The number of benzene rings is 2. The fourth-order valence-corrected chi connectivity index (χ4v) is 4.19. The van der Waals surface area contributed by atoms with Gasteiger partial charge in [-0.05, 0) is 49.7 Å². The van der Waals surface area contributed by atoms with Gasteiger partial charge in [-0.25, -0.2) is 5.84 Å². The summed E-state index contributed by atoms with van der Waals surface area (Å²) < 4.78 is 47.4. The summed E-state index contributed by atoms with van der Waals surface area (Å²) in [5.41, 5.74) is 9.38. The average Bonchev–Trinajstić information content (AvgIpc) is 3.27. The van der Waals surface area contributed by atoms with E-state index in [2.05, 4.69) is 10.4 Å². The topological polar surface area (TPSA) is 115 Å². The first-order valence-electron chi connectivity index (χ1n) is 12.9. The van der Waals surface area contributed by atoms with Crippen LogP contribution < -0.4 is 26.8 Å². The van der Waals surface area contributed by atoms with Crippen molar-refractivity contribution >= 4 is 28.7 Å². The molecule has 3 aromatic rings. The molecule has 1 fully saturated rings. The van der Waals surface area contributed by atoms with E-state index in [1.54, 1.807) is 36.1 Å². The van der Waals surface area contributed by atoms with Gasteiger partial charge in [-0.15, -0.1) is 0 Å². The molecule has 0 spiro atoms. The molecule has 9 nitrogen and oxygen atoms in total. The first kappa shape index (κ1) is 30.5. The molecule has 2 heterocycles. The summed E-state index contributed by atoms with van der Waals surface area (Å²) >= 11 is 0. The SMILES string of the molecule is CC.Cc1ccc(C(=O)Nc2cc(C(F)(F)F)ccc2N2CCOCC2)cc1N(N)/C=C(\N)c1cnn(C)c1C. The van der Waals surface area contributed by atoms with Gasteiger partial charge in [0.15, 0.2) is 0 Å². The van der Waals surface area contributed by atoms with Gasteiger partial charge in [0.05, 0.1) is 47.7 Å². The lowest BCUT2D eigenvalue weighted by Gasteiger charge is -2.31. The number of rotatable bonds is 6. The van der Waals surface area contributed by atoms with Gasteiger partial charge in [0.2, 0.25) is 0 Å². The van der Waals surface area contributed by atoms with Crippen LogP contribution in [0.1, 0.15) is 46.6 Å². The lowest BCUT2D eigenvalue weighted by atomic mass is 10.1. The number of carbonyl (C=O) groups excluding carboxylic acids is 1. The second-order valence-electron chi connectivity index (χ2n) is 9.04. The highest BCUT2D eigenvalue weighted by molar-refractivity contribution is 6.06. The first-order valence-corrected chi connectivity index (χ1v) is 12.9. The Morgan fingerprint density at radius 2 is 1.80 bits per heavy atom. The third kappa shape index (κ3) is 6.93. The van der Waals surface area contributed by atoms with E-state index in [1.165, 1.54) is 17.3 Å². The largest absolute Gasteiger partial charge is 0.416 e. The number of hydrazine groups is 1. The maximum absolute atomic E-state index is 13.5. The number of halogens is 3. The van der Waals surface area contributed by atoms with Gasteiger partial charge in [0.25, 0.3) is 5.91 Å². The normalized spacial score (nSPS) is 13.9. The molecule has 1 aliphatic heterocycles. The number of carbonyl (C=O) groups is 1. The van der Waals surface area contributed by atoms with E-state index in [1.807, 2.05) is 32.6 Å². The van der Waals surface area contributed by atoms with E-state index in [0.717, 1.165) is 29.0 Å². The number of aryl methyl sites for hydroxylation is 2. The molecule has 5 N–H and O–H groups in total. The van der Waals surface area contributed by atoms with Gasteiger partial charge in [-0.3, -0.25) is 14.5 Å². The van der Waals surface area contributed by atoms with Crippen molar-refractivity contribution in [2.45, 2.75) is 33.9 Å². The standard InChI is InChI=1S/C26H30F3N7O2.C2H6/c1-16-4-5-18(12-24(16)36(31)15-21(30)20-14-32-34(3)17(20)2)25(37)33-22-13-19(26(27,28)29)6-7-23(22)35-8-10-38-11-9-35;1-2/h4-7,12-15H,8-11,30-31H2,1-3H3,(H,33,37);1-2H3/b21-15-;. The molecule has 0 radical (unpaired) electrons. The minimum Gasteiger partial charge on any atom is -0.397 e. The molecule has 0 bridgehead atoms. The van der Waals surface area contributed by atoms with Crippen molar-refractivity contribution in [1.82, 2.24) is 9.78 Å². The molecule has 4 rings (SSSR count). The van der Waals surface area contributed by atoms with Crippen molar-refractivity contribution in [2.75, 3.05) is 41.5 Å². The number of nitrogens with two attached hydrogens (primary N) is 2. The van der Waals surface area contributed by atoms with E-state index >= 15 is 0 Å². The quantitative estimate of drug-likeness (QED) is 0.293. The number of nitrogens with one attached hydrogen (secondary N) is 1. The molecule has 0 unspecified atom stereocenters. The molecule has 1 aliphatic rings. The van der Waals surface area contributed by atoms with E-state index < -0.39 is 17.6 Å². The molecule has 40 heavy (non-hydrogen) atoms. The van der Waals surface area contributed by atoms with Crippen LogP contribution in [0.4, 0.5) is 30.2 Å². The molecule has 12 heteroatoms. The maximum Gasteiger partial charge on any atom is 0.416 e. The Labute approximate surface area is 232 Å². The van der Waals surface area contributed by atoms with Crippen molar-refractivity contribution in [3.8, 4) is 0 Å². The molecule has 0 atom stereocenters. The maximum atomic E-state index is 13.5. The van der Waals surface area contributed by atoms with Crippen molar-refractivity contribution in [2.24, 2.45) is 18.6 Å². The zero-order valence-electron chi connectivity index (χ0n) is 23.3. The summed E-state index contributed by atoms with van der Waals surface area (Å²) in [6, 6.07) is 8.19. The van der Waals surface area contributed by atoms with Gasteiger partial charge >= 0.3 is 6.18 Å². The molecule has 1 saturated heterocycles. The number of aromatic nitrogens is 2. The van der Waals surface area contributed by atoms with Crippen LogP contribution in [0.5, 0.6) is 0 Å². The number of alkyl halides is 3. The van der Waals surface area contributed by atoms with Crippen LogP contribution in [0, 0.1) is 13.8 Å². The smallest absolute Gasteiger partial charge is 0.397 e. The van der Waals surface area contributed by atoms with Gasteiger partial charge in [-0.2, -0.15) is 18.3 Å². The van der Waals surface area contributed by atoms with Gasteiger partial charge < -0.3 is 20.7 Å². The summed E-state index contributed by atoms with van der Waals surface area (Å²) in [5.74, 6) is 5.70. The molecule has 2 aromatic carbocycles. The van der Waals surface area contributed by atoms with E-state index in [4.69, 9.17) is 16.3 Å².